The van der Waals surface area contributed by atoms with E-state index in [0.29, 0.717) is 25.9 Å². The van der Waals surface area contributed by atoms with Gasteiger partial charge in [0.2, 0.25) is 5.91 Å². The fourth-order valence-electron chi connectivity index (χ4n) is 2.83. The van der Waals surface area contributed by atoms with Crippen molar-refractivity contribution in [2.45, 2.75) is 38.8 Å². The predicted molar refractivity (Wildman–Crippen MR) is 85.2 cm³/mol. The van der Waals surface area contributed by atoms with Crippen molar-refractivity contribution in [2.75, 3.05) is 18.1 Å². The van der Waals surface area contributed by atoms with Crippen LogP contribution in [0.3, 0.4) is 0 Å². The van der Waals surface area contributed by atoms with Gasteiger partial charge in [-0.3, -0.25) is 4.79 Å². The number of nitrogens with zero attached hydrogens (tertiary/aromatic N) is 3. The highest BCUT2D eigenvalue weighted by atomic mass is 32.2. The summed E-state index contributed by atoms with van der Waals surface area (Å²) in [6.45, 7) is 6.65. The number of hydrogen-bond donors (Lipinski definition) is 0. The Balaban J connectivity index is 1.99. The number of aryl methyl sites for hydroxylation is 2. The largest absolute Gasteiger partial charge is 0.335 e. The smallest absolute Gasteiger partial charge is 0.224 e. The Morgan fingerprint density at radius 3 is 2.95 bits per heavy atom. The van der Waals surface area contributed by atoms with E-state index in [1.165, 1.54) is 0 Å². The minimum Gasteiger partial charge on any atom is -0.335 e. The van der Waals surface area contributed by atoms with E-state index in [1.807, 2.05) is 17.7 Å². The lowest BCUT2D eigenvalue weighted by molar-refractivity contribution is -0.132. The Labute approximate surface area is 131 Å². The van der Waals surface area contributed by atoms with E-state index >= 15 is 0 Å². The molecule has 1 aliphatic heterocycles. The number of aromatic nitrogens is 2. The van der Waals surface area contributed by atoms with Crippen LogP contribution in [0.1, 0.15) is 25.6 Å². The van der Waals surface area contributed by atoms with Crippen molar-refractivity contribution in [2.24, 2.45) is 0 Å². The topological polar surface area (TPSA) is 72.3 Å². The highest BCUT2D eigenvalue weighted by molar-refractivity contribution is 7.91. The van der Waals surface area contributed by atoms with Gasteiger partial charge in [0.25, 0.3) is 0 Å². The van der Waals surface area contributed by atoms with Gasteiger partial charge in [-0.05, 0) is 6.42 Å². The molecule has 0 radical (unpaired) electrons. The lowest BCUT2D eigenvalue weighted by atomic mass is 10.2. The molecule has 0 saturated carbocycles. The van der Waals surface area contributed by atoms with Gasteiger partial charge in [-0.15, -0.1) is 6.58 Å². The summed E-state index contributed by atoms with van der Waals surface area (Å²) in [7, 11) is -3.00. The van der Waals surface area contributed by atoms with Gasteiger partial charge >= 0.3 is 0 Å². The number of hydrogen-bond acceptors (Lipinski definition) is 4. The summed E-state index contributed by atoms with van der Waals surface area (Å²) in [5.41, 5.74) is 0. The quantitative estimate of drug-likeness (QED) is 0.702. The number of carbonyl (C=O) groups is 1. The third kappa shape index (κ3) is 3.97. The first-order valence-electron chi connectivity index (χ1n) is 7.57. The molecule has 7 heteroatoms. The Kier molecular flexibility index (Phi) is 5.39. The molecule has 0 aliphatic carbocycles. The Morgan fingerprint density at radius 1 is 1.59 bits per heavy atom. The van der Waals surface area contributed by atoms with Crippen LogP contribution >= 0.6 is 0 Å². The van der Waals surface area contributed by atoms with Gasteiger partial charge in [0.15, 0.2) is 9.84 Å². The van der Waals surface area contributed by atoms with Crippen molar-refractivity contribution in [3.05, 3.63) is 30.9 Å². The van der Waals surface area contributed by atoms with Crippen LogP contribution in [0.25, 0.3) is 0 Å². The standard InChI is InChI=1S/C15H23N3O3S/c1-3-8-18(13-6-11-22(20,21)12-13)15(19)5-9-17-10-7-16-14(17)4-2/h3,7,10,13H,1,4-6,8-9,11-12H2,2H3. The molecule has 22 heavy (non-hydrogen) atoms. The summed E-state index contributed by atoms with van der Waals surface area (Å²) >= 11 is 0. The molecule has 0 bridgehead atoms. The SMILES string of the molecule is C=CCN(C(=O)CCn1ccnc1CC)C1CCS(=O)(=O)C1. The average Bonchev–Trinajstić information content (AvgIpc) is 3.07. The first-order chi connectivity index (χ1) is 10.5. The van der Waals surface area contributed by atoms with Crippen LogP contribution in [0.15, 0.2) is 25.0 Å². The summed E-state index contributed by atoms with van der Waals surface area (Å²) < 4.78 is 25.2. The first kappa shape index (κ1) is 16.7. The van der Waals surface area contributed by atoms with Crippen LogP contribution in [-0.4, -0.2) is 52.9 Å². The van der Waals surface area contributed by atoms with Gasteiger partial charge in [0.05, 0.1) is 11.5 Å². The molecule has 2 heterocycles. The Morgan fingerprint density at radius 2 is 2.36 bits per heavy atom. The summed E-state index contributed by atoms with van der Waals surface area (Å²) in [6.07, 6.45) is 6.93. The van der Waals surface area contributed by atoms with E-state index in [9.17, 15) is 13.2 Å². The molecule has 0 spiro atoms. The molecule has 1 atom stereocenters. The Bertz CT molecular complexity index is 636. The number of carbonyl (C=O) groups excluding carboxylic acids is 1. The van der Waals surface area contributed by atoms with Crippen LogP contribution in [0.4, 0.5) is 0 Å². The second-order valence-electron chi connectivity index (χ2n) is 5.53. The molecule has 0 aromatic carbocycles. The first-order valence-corrected chi connectivity index (χ1v) is 9.39. The molecule has 1 unspecified atom stereocenters. The van der Waals surface area contributed by atoms with Crippen LogP contribution < -0.4 is 0 Å². The van der Waals surface area contributed by atoms with Gasteiger partial charge in [-0.1, -0.05) is 13.0 Å². The molecule has 6 nitrogen and oxygen atoms in total. The molecule has 1 aromatic heterocycles. The van der Waals surface area contributed by atoms with Crippen LogP contribution in [0, 0.1) is 0 Å². The maximum atomic E-state index is 12.5. The fourth-order valence-corrected chi connectivity index (χ4v) is 4.56. The number of rotatable bonds is 7. The second-order valence-corrected chi connectivity index (χ2v) is 7.76. The maximum absolute atomic E-state index is 12.5. The fraction of sp³-hybridized carbons (Fsp3) is 0.600. The predicted octanol–water partition coefficient (Wildman–Crippen LogP) is 1.04. The van der Waals surface area contributed by atoms with Crippen molar-refractivity contribution in [1.29, 1.82) is 0 Å². The third-order valence-electron chi connectivity index (χ3n) is 3.98. The zero-order valence-electron chi connectivity index (χ0n) is 12.9. The summed E-state index contributed by atoms with van der Waals surface area (Å²) in [4.78, 5) is 18.4. The molecular formula is C15H23N3O3S. The van der Waals surface area contributed by atoms with Gasteiger partial charge < -0.3 is 9.47 Å². The van der Waals surface area contributed by atoms with Crippen molar-refractivity contribution >= 4 is 15.7 Å². The third-order valence-corrected chi connectivity index (χ3v) is 5.73. The van der Waals surface area contributed by atoms with E-state index in [4.69, 9.17) is 0 Å². The summed E-state index contributed by atoms with van der Waals surface area (Å²) in [5, 5.41) is 0. The molecule has 122 valence electrons. The van der Waals surface area contributed by atoms with E-state index in [-0.39, 0.29) is 23.5 Å². The normalized spacial score (nSPS) is 20.0. The van der Waals surface area contributed by atoms with Gasteiger partial charge in [-0.2, -0.15) is 0 Å². The molecule has 0 N–H and O–H groups in total. The van der Waals surface area contributed by atoms with E-state index in [2.05, 4.69) is 11.6 Å². The highest BCUT2D eigenvalue weighted by Crippen LogP contribution is 2.19. The molecule has 1 aromatic rings. The van der Waals surface area contributed by atoms with Crippen molar-refractivity contribution in [1.82, 2.24) is 14.5 Å². The van der Waals surface area contributed by atoms with E-state index in [0.717, 1.165) is 12.2 Å². The maximum Gasteiger partial charge on any atom is 0.224 e. The summed E-state index contributed by atoms with van der Waals surface area (Å²) in [5.74, 6) is 1.15. The van der Waals surface area contributed by atoms with Crippen LogP contribution in [0.2, 0.25) is 0 Å². The van der Waals surface area contributed by atoms with E-state index < -0.39 is 9.84 Å². The van der Waals surface area contributed by atoms with E-state index in [1.54, 1.807) is 17.2 Å². The number of sulfone groups is 1. The summed E-state index contributed by atoms with van der Waals surface area (Å²) in [6, 6.07) is -0.219. The molecule has 1 fully saturated rings. The van der Waals surface area contributed by atoms with Gasteiger partial charge in [0.1, 0.15) is 5.82 Å². The molecule has 1 amide bonds. The van der Waals surface area contributed by atoms with Crippen molar-refractivity contribution < 1.29 is 13.2 Å². The van der Waals surface area contributed by atoms with Crippen molar-refractivity contribution in [3.8, 4) is 0 Å². The van der Waals surface area contributed by atoms with Crippen LogP contribution in [0.5, 0.6) is 0 Å². The molecule has 1 saturated heterocycles. The molecule has 1 aliphatic rings. The monoisotopic (exact) mass is 325 g/mol. The average molecular weight is 325 g/mol. The zero-order chi connectivity index (χ0) is 16.2. The molecule has 2 rings (SSSR count). The van der Waals surface area contributed by atoms with Crippen LogP contribution in [-0.2, 0) is 27.6 Å². The second kappa shape index (κ2) is 7.09. The van der Waals surface area contributed by atoms with Crippen molar-refractivity contribution in [3.63, 3.8) is 0 Å². The van der Waals surface area contributed by atoms with Gasteiger partial charge in [-0.25, -0.2) is 13.4 Å². The highest BCUT2D eigenvalue weighted by Gasteiger charge is 2.33. The lowest BCUT2D eigenvalue weighted by Crippen LogP contribution is -2.41. The zero-order valence-corrected chi connectivity index (χ0v) is 13.8. The minimum atomic E-state index is -3.00. The minimum absolute atomic E-state index is 0.0299. The lowest BCUT2D eigenvalue weighted by Gasteiger charge is -2.27. The molecular weight excluding hydrogens is 302 g/mol. The Hall–Kier alpha value is -1.63. The number of imidazole rings is 1. The number of amides is 1. The van der Waals surface area contributed by atoms with Gasteiger partial charge in [0, 0.05) is 44.4 Å².